The molecule has 1 saturated carbocycles. The highest BCUT2D eigenvalue weighted by Gasteiger charge is 2.52. The predicted molar refractivity (Wildman–Crippen MR) is 90.6 cm³/mol. The fourth-order valence-electron chi connectivity index (χ4n) is 4.69. The zero-order valence-electron chi connectivity index (χ0n) is 14.7. The summed E-state index contributed by atoms with van der Waals surface area (Å²) in [6.07, 6.45) is 12.2. The normalized spacial score (nSPS) is 33.2. The third-order valence-corrected chi connectivity index (χ3v) is 6.66. The van der Waals surface area contributed by atoms with Gasteiger partial charge in [-0.25, -0.2) is 0 Å². The van der Waals surface area contributed by atoms with Gasteiger partial charge in [0.25, 0.3) is 0 Å². The molecule has 1 saturated heterocycles. The summed E-state index contributed by atoms with van der Waals surface area (Å²) < 4.78 is 11.7. The molecule has 1 spiro atoms. The Kier molecular flexibility index (Phi) is 4.42. The second-order valence-electron chi connectivity index (χ2n) is 7.74. The molecule has 0 aromatic rings. The number of hydrogen-bond acceptors (Lipinski definition) is 3. The molecule has 0 amide bonds. The summed E-state index contributed by atoms with van der Waals surface area (Å²) in [6.45, 7) is 8.31. The van der Waals surface area contributed by atoms with E-state index in [0.29, 0.717) is 19.1 Å². The molecule has 0 aromatic heterocycles. The first-order valence-corrected chi connectivity index (χ1v) is 9.07. The molecule has 126 valence electrons. The molecule has 3 heteroatoms. The predicted octanol–water partition coefficient (Wildman–Crippen LogP) is 4.75. The molecule has 2 aliphatic carbocycles. The number of ether oxygens (including phenoxy) is 2. The average Bonchev–Trinajstić information content (AvgIpc) is 3.04. The van der Waals surface area contributed by atoms with Crippen molar-refractivity contribution in [2.75, 3.05) is 13.2 Å². The molecule has 0 aromatic carbocycles. The molecule has 2 fully saturated rings. The first-order chi connectivity index (χ1) is 11.0. The van der Waals surface area contributed by atoms with Crippen LogP contribution in [0.2, 0.25) is 0 Å². The van der Waals surface area contributed by atoms with Gasteiger partial charge in [-0.2, -0.15) is 5.26 Å². The minimum atomic E-state index is -0.405. The molecular formula is C20H29NO2. The van der Waals surface area contributed by atoms with Crippen molar-refractivity contribution < 1.29 is 9.47 Å². The Morgan fingerprint density at radius 2 is 1.87 bits per heavy atom. The van der Waals surface area contributed by atoms with E-state index in [1.54, 1.807) is 0 Å². The van der Waals surface area contributed by atoms with Gasteiger partial charge >= 0.3 is 0 Å². The highest BCUT2D eigenvalue weighted by Crippen LogP contribution is 2.57. The minimum Gasteiger partial charge on any atom is -0.348 e. The molecule has 0 bridgehead atoms. The number of allylic oxidation sites excluding steroid dienone is 4. The van der Waals surface area contributed by atoms with E-state index in [1.165, 1.54) is 5.57 Å². The van der Waals surface area contributed by atoms with Crippen molar-refractivity contribution >= 4 is 0 Å². The third kappa shape index (κ3) is 2.66. The van der Waals surface area contributed by atoms with Gasteiger partial charge in [0.1, 0.15) is 0 Å². The topological polar surface area (TPSA) is 42.2 Å². The van der Waals surface area contributed by atoms with Gasteiger partial charge in [0, 0.05) is 12.8 Å². The standard InChI is InChI=1S/C20H29NO2/c1-4-16(2)18(3)8-6-5-7-17(18)19(15-21)9-11-20(12-10-19)22-13-14-23-20/h5-7,16H,4,8-14H2,1-3H3. The molecule has 0 N–H and O–H groups in total. The van der Waals surface area contributed by atoms with Gasteiger partial charge in [0.05, 0.1) is 24.7 Å². The van der Waals surface area contributed by atoms with E-state index in [-0.39, 0.29) is 10.8 Å². The van der Waals surface area contributed by atoms with E-state index >= 15 is 0 Å². The van der Waals surface area contributed by atoms with E-state index < -0.39 is 5.79 Å². The molecule has 2 unspecified atom stereocenters. The lowest BCUT2D eigenvalue weighted by Gasteiger charge is -2.49. The fourth-order valence-corrected chi connectivity index (χ4v) is 4.69. The van der Waals surface area contributed by atoms with Crippen molar-refractivity contribution in [1.29, 1.82) is 5.26 Å². The number of nitriles is 1. The van der Waals surface area contributed by atoms with Crippen LogP contribution in [0.4, 0.5) is 0 Å². The Morgan fingerprint density at radius 1 is 1.22 bits per heavy atom. The van der Waals surface area contributed by atoms with Crippen LogP contribution in [-0.4, -0.2) is 19.0 Å². The van der Waals surface area contributed by atoms with Gasteiger partial charge in [0.15, 0.2) is 5.79 Å². The average molecular weight is 315 g/mol. The summed E-state index contributed by atoms with van der Waals surface area (Å²) in [5.41, 5.74) is 1.07. The summed E-state index contributed by atoms with van der Waals surface area (Å²) in [5.74, 6) is 0.164. The summed E-state index contributed by atoms with van der Waals surface area (Å²) >= 11 is 0. The molecule has 2 atom stereocenters. The first kappa shape index (κ1) is 16.7. The van der Waals surface area contributed by atoms with Crippen LogP contribution in [0.3, 0.4) is 0 Å². The highest BCUT2D eigenvalue weighted by atomic mass is 16.7. The van der Waals surface area contributed by atoms with Crippen molar-refractivity contribution in [3.63, 3.8) is 0 Å². The zero-order valence-corrected chi connectivity index (χ0v) is 14.7. The van der Waals surface area contributed by atoms with Crippen molar-refractivity contribution in [3.05, 3.63) is 23.8 Å². The minimum absolute atomic E-state index is 0.0844. The maximum Gasteiger partial charge on any atom is 0.168 e. The van der Waals surface area contributed by atoms with Crippen LogP contribution in [-0.2, 0) is 9.47 Å². The van der Waals surface area contributed by atoms with Gasteiger partial charge in [-0.1, -0.05) is 45.4 Å². The summed E-state index contributed by atoms with van der Waals surface area (Å²) in [4.78, 5) is 0. The molecule has 3 nitrogen and oxygen atoms in total. The van der Waals surface area contributed by atoms with Gasteiger partial charge < -0.3 is 9.47 Å². The van der Waals surface area contributed by atoms with E-state index in [1.807, 2.05) is 0 Å². The van der Waals surface area contributed by atoms with Crippen LogP contribution in [0.15, 0.2) is 23.8 Å². The quantitative estimate of drug-likeness (QED) is 0.754. The van der Waals surface area contributed by atoms with Crippen LogP contribution in [0, 0.1) is 28.1 Å². The Bertz CT molecular complexity index is 540. The Morgan fingerprint density at radius 3 is 2.43 bits per heavy atom. The van der Waals surface area contributed by atoms with Gasteiger partial charge in [-0.05, 0) is 36.2 Å². The lowest BCUT2D eigenvalue weighted by molar-refractivity contribution is -0.185. The molecular weight excluding hydrogens is 286 g/mol. The number of nitrogens with zero attached hydrogens (tertiary/aromatic N) is 1. The third-order valence-electron chi connectivity index (χ3n) is 6.66. The Labute approximate surface area is 140 Å². The highest BCUT2D eigenvalue weighted by molar-refractivity contribution is 5.37. The largest absolute Gasteiger partial charge is 0.348 e. The van der Waals surface area contributed by atoms with Crippen LogP contribution >= 0.6 is 0 Å². The van der Waals surface area contributed by atoms with Crippen molar-refractivity contribution in [3.8, 4) is 6.07 Å². The van der Waals surface area contributed by atoms with E-state index in [0.717, 1.165) is 38.5 Å². The second kappa shape index (κ2) is 6.07. The van der Waals surface area contributed by atoms with E-state index in [2.05, 4.69) is 45.1 Å². The summed E-state index contributed by atoms with van der Waals surface area (Å²) in [5, 5.41) is 10.1. The van der Waals surface area contributed by atoms with E-state index in [9.17, 15) is 5.26 Å². The summed E-state index contributed by atoms with van der Waals surface area (Å²) in [6, 6.07) is 2.71. The summed E-state index contributed by atoms with van der Waals surface area (Å²) in [7, 11) is 0. The van der Waals surface area contributed by atoms with Crippen molar-refractivity contribution in [2.45, 2.75) is 65.1 Å². The van der Waals surface area contributed by atoms with E-state index in [4.69, 9.17) is 9.47 Å². The lowest BCUT2D eigenvalue weighted by atomic mass is 9.55. The van der Waals surface area contributed by atoms with Gasteiger partial charge in [-0.15, -0.1) is 0 Å². The Hall–Kier alpha value is -1.11. The molecule has 1 heterocycles. The van der Waals surface area contributed by atoms with Crippen LogP contribution in [0.1, 0.15) is 59.3 Å². The second-order valence-corrected chi connectivity index (χ2v) is 7.74. The lowest BCUT2D eigenvalue weighted by Crippen LogP contribution is -2.44. The molecule has 1 aliphatic heterocycles. The van der Waals surface area contributed by atoms with Crippen LogP contribution < -0.4 is 0 Å². The molecule has 23 heavy (non-hydrogen) atoms. The maximum absolute atomic E-state index is 10.1. The monoisotopic (exact) mass is 315 g/mol. The maximum atomic E-state index is 10.1. The first-order valence-electron chi connectivity index (χ1n) is 9.07. The van der Waals surface area contributed by atoms with Crippen LogP contribution in [0.5, 0.6) is 0 Å². The van der Waals surface area contributed by atoms with Crippen molar-refractivity contribution in [2.24, 2.45) is 16.7 Å². The fraction of sp³-hybridized carbons (Fsp3) is 0.750. The van der Waals surface area contributed by atoms with Crippen LogP contribution in [0.25, 0.3) is 0 Å². The zero-order chi connectivity index (χ0) is 16.6. The Balaban J connectivity index is 1.89. The number of hydrogen-bond donors (Lipinski definition) is 0. The molecule has 0 radical (unpaired) electrons. The smallest absolute Gasteiger partial charge is 0.168 e. The number of rotatable bonds is 3. The SMILES string of the molecule is CCC(C)C1(C)CC=CC=C1C1(C#N)CCC2(CC1)OCCO2. The molecule has 3 rings (SSSR count). The molecule has 3 aliphatic rings. The van der Waals surface area contributed by atoms with Crippen molar-refractivity contribution in [1.82, 2.24) is 0 Å². The van der Waals surface area contributed by atoms with Gasteiger partial charge in [-0.3, -0.25) is 0 Å². The van der Waals surface area contributed by atoms with Gasteiger partial charge in [0.2, 0.25) is 0 Å².